The Kier molecular flexibility index (Phi) is 8.82. The minimum absolute atomic E-state index is 0.0359. The summed E-state index contributed by atoms with van der Waals surface area (Å²) in [5.74, 6) is 6.01. The summed E-state index contributed by atoms with van der Waals surface area (Å²) in [6, 6.07) is 0. The standard InChI is InChI=1S/C12H20O/c1-3-5-6-7-8-9-10-12(4-2)11-13/h4,12-13H,2-3,5-8,11H2,1H3. The van der Waals surface area contributed by atoms with E-state index < -0.39 is 0 Å². The topological polar surface area (TPSA) is 20.2 Å². The van der Waals surface area contributed by atoms with Gasteiger partial charge in [-0.3, -0.25) is 0 Å². The van der Waals surface area contributed by atoms with Crippen LogP contribution in [0.4, 0.5) is 0 Å². The molecule has 0 aliphatic carbocycles. The molecule has 0 aromatic heterocycles. The molecular weight excluding hydrogens is 160 g/mol. The number of hydrogen-bond acceptors (Lipinski definition) is 1. The molecule has 0 aliphatic rings. The Morgan fingerprint density at radius 3 is 2.69 bits per heavy atom. The van der Waals surface area contributed by atoms with Gasteiger partial charge < -0.3 is 5.11 Å². The van der Waals surface area contributed by atoms with Crippen LogP contribution < -0.4 is 0 Å². The van der Waals surface area contributed by atoms with E-state index in [9.17, 15) is 0 Å². The average molecular weight is 180 g/mol. The molecule has 1 atom stereocenters. The highest BCUT2D eigenvalue weighted by molar-refractivity contribution is 5.09. The number of aliphatic hydroxyl groups excluding tert-OH is 1. The third-order valence-corrected chi connectivity index (χ3v) is 1.92. The van der Waals surface area contributed by atoms with Crippen LogP contribution in [0.2, 0.25) is 0 Å². The van der Waals surface area contributed by atoms with Crippen LogP contribution in [0.25, 0.3) is 0 Å². The van der Waals surface area contributed by atoms with Gasteiger partial charge in [0.25, 0.3) is 0 Å². The fraction of sp³-hybridized carbons (Fsp3) is 0.667. The normalized spacial score (nSPS) is 11.5. The quantitative estimate of drug-likeness (QED) is 0.378. The monoisotopic (exact) mass is 180 g/mol. The molecule has 1 unspecified atom stereocenters. The summed E-state index contributed by atoms with van der Waals surface area (Å²) in [6.07, 6.45) is 7.65. The van der Waals surface area contributed by atoms with Crippen molar-refractivity contribution < 1.29 is 5.11 Å². The van der Waals surface area contributed by atoms with E-state index in [1.807, 2.05) is 0 Å². The Morgan fingerprint density at radius 1 is 1.38 bits per heavy atom. The number of rotatable bonds is 6. The second-order valence-corrected chi connectivity index (χ2v) is 3.16. The molecule has 0 heterocycles. The highest BCUT2D eigenvalue weighted by Crippen LogP contribution is 2.01. The van der Waals surface area contributed by atoms with Crippen LogP contribution in [-0.4, -0.2) is 11.7 Å². The fourth-order valence-corrected chi connectivity index (χ4v) is 1.02. The zero-order valence-corrected chi connectivity index (χ0v) is 8.55. The first-order valence-electron chi connectivity index (χ1n) is 5.07. The van der Waals surface area contributed by atoms with Crippen molar-refractivity contribution in [1.82, 2.24) is 0 Å². The lowest BCUT2D eigenvalue weighted by Crippen LogP contribution is -1.97. The molecule has 1 nitrogen and oxygen atoms in total. The second-order valence-electron chi connectivity index (χ2n) is 3.16. The van der Waals surface area contributed by atoms with Gasteiger partial charge in [0.05, 0.1) is 12.5 Å². The Labute approximate surface area is 81.9 Å². The summed E-state index contributed by atoms with van der Waals surface area (Å²) in [5, 5.41) is 8.79. The van der Waals surface area contributed by atoms with Crippen molar-refractivity contribution in [1.29, 1.82) is 0 Å². The van der Waals surface area contributed by atoms with Gasteiger partial charge in [-0.25, -0.2) is 0 Å². The van der Waals surface area contributed by atoms with E-state index in [1.165, 1.54) is 25.7 Å². The van der Waals surface area contributed by atoms with Gasteiger partial charge in [-0.1, -0.05) is 38.2 Å². The number of aliphatic hydroxyl groups is 1. The van der Waals surface area contributed by atoms with E-state index in [0.717, 1.165) is 6.42 Å². The van der Waals surface area contributed by atoms with Gasteiger partial charge in [-0.15, -0.1) is 12.5 Å². The minimum Gasteiger partial charge on any atom is -0.395 e. The summed E-state index contributed by atoms with van der Waals surface area (Å²) in [7, 11) is 0. The molecule has 0 fully saturated rings. The minimum atomic E-state index is -0.0359. The zero-order chi connectivity index (χ0) is 9.94. The van der Waals surface area contributed by atoms with Gasteiger partial charge in [0, 0.05) is 6.42 Å². The summed E-state index contributed by atoms with van der Waals surface area (Å²) < 4.78 is 0. The van der Waals surface area contributed by atoms with Crippen LogP contribution >= 0.6 is 0 Å². The molecular formula is C12H20O. The smallest absolute Gasteiger partial charge is 0.0611 e. The molecule has 0 aromatic rings. The fourth-order valence-electron chi connectivity index (χ4n) is 1.02. The van der Waals surface area contributed by atoms with E-state index in [1.54, 1.807) is 6.08 Å². The molecule has 0 aromatic carbocycles. The Morgan fingerprint density at radius 2 is 2.15 bits per heavy atom. The predicted molar refractivity (Wildman–Crippen MR) is 57.3 cm³/mol. The van der Waals surface area contributed by atoms with Gasteiger partial charge in [-0.05, 0) is 6.42 Å². The predicted octanol–water partition coefficient (Wildman–Crippen LogP) is 2.75. The third kappa shape index (κ3) is 7.62. The summed E-state index contributed by atoms with van der Waals surface area (Å²) in [4.78, 5) is 0. The maximum absolute atomic E-state index is 8.79. The molecule has 1 heteroatoms. The maximum Gasteiger partial charge on any atom is 0.0611 e. The van der Waals surface area contributed by atoms with Gasteiger partial charge in [0.15, 0.2) is 0 Å². The first-order chi connectivity index (χ1) is 6.35. The highest BCUT2D eigenvalue weighted by atomic mass is 16.3. The Hall–Kier alpha value is -0.740. The van der Waals surface area contributed by atoms with E-state index in [-0.39, 0.29) is 12.5 Å². The average Bonchev–Trinajstić information content (AvgIpc) is 2.17. The van der Waals surface area contributed by atoms with Crippen molar-refractivity contribution in [3.63, 3.8) is 0 Å². The molecule has 0 spiro atoms. The van der Waals surface area contributed by atoms with Crippen molar-refractivity contribution in [2.24, 2.45) is 5.92 Å². The molecule has 0 amide bonds. The maximum atomic E-state index is 8.79. The Bertz CT molecular complexity index is 173. The van der Waals surface area contributed by atoms with Crippen LogP contribution in [0, 0.1) is 17.8 Å². The molecule has 0 bridgehead atoms. The van der Waals surface area contributed by atoms with Gasteiger partial charge in [-0.2, -0.15) is 0 Å². The van der Waals surface area contributed by atoms with Crippen molar-refractivity contribution in [2.45, 2.75) is 39.0 Å². The van der Waals surface area contributed by atoms with Crippen molar-refractivity contribution in [2.75, 3.05) is 6.61 Å². The van der Waals surface area contributed by atoms with E-state index in [4.69, 9.17) is 5.11 Å². The summed E-state index contributed by atoms with van der Waals surface area (Å²) in [5.41, 5.74) is 0. The number of hydrogen-bond donors (Lipinski definition) is 1. The lowest BCUT2D eigenvalue weighted by molar-refractivity contribution is 0.277. The van der Waals surface area contributed by atoms with Gasteiger partial charge >= 0.3 is 0 Å². The van der Waals surface area contributed by atoms with Crippen LogP contribution in [0.5, 0.6) is 0 Å². The zero-order valence-electron chi connectivity index (χ0n) is 8.55. The lowest BCUT2D eigenvalue weighted by atomic mass is 10.1. The molecule has 0 radical (unpaired) electrons. The Balaban J connectivity index is 3.42. The van der Waals surface area contributed by atoms with E-state index in [2.05, 4.69) is 25.3 Å². The summed E-state index contributed by atoms with van der Waals surface area (Å²) in [6.45, 7) is 5.89. The largest absolute Gasteiger partial charge is 0.395 e. The van der Waals surface area contributed by atoms with E-state index >= 15 is 0 Å². The van der Waals surface area contributed by atoms with Crippen LogP contribution in [0.15, 0.2) is 12.7 Å². The van der Waals surface area contributed by atoms with Crippen LogP contribution in [0.3, 0.4) is 0 Å². The molecule has 0 aliphatic heterocycles. The van der Waals surface area contributed by atoms with Gasteiger partial charge in [0.1, 0.15) is 0 Å². The molecule has 1 N–H and O–H groups in total. The van der Waals surface area contributed by atoms with E-state index in [0.29, 0.717) is 0 Å². The first-order valence-corrected chi connectivity index (χ1v) is 5.07. The second kappa shape index (κ2) is 9.35. The lowest BCUT2D eigenvalue weighted by Gasteiger charge is -1.96. The van der Waals surface area contributed by atoms with Gasteiger partial charge in [0.2, 0.25) is 0 Å². The highest BCUT2D eigenvalue weighted by Gasteiger charge is 1.93. The van der Waals surface area contributed by atoms with Crippen LogP contribution in [0.1, 0.15) is 39.0 Å². The molecule has 0 rings (SSSR count). The SMILES string of the molecule is C=CC(C#CCCCCCC)CO. The molecule has 13 heavy (non-hydrogen) atoms. The molecule has 0 saturated carbocycles. The third-order valence-electron chi connectivity index (χ3n) is 1.92. The first kappa shape index (κ1) is 12.3. The molecule has 74 valence electrons. The summed E-state index contributed by atoms with van der Waals surface area (Å²) >= 11 is 0. The van der Waals surface area contributed by atoms with Crippen molar-refractivity contribution >= 4 is 0 Å². The molecule has 0 saturated heterocycles. The van der Waals surface area contributed by atoms with Crippen molar-refractivity contribution in [3.8, 4) is 11.8 Å². The van der Waals surface area contributed by atoms with Crippen LogP contribution in [-0.2, 0) is 0 Å². The van der Waals surface area contributed by atoms with Crippen molar-refractivity contribution in [3.05, 3.63) is 12.7 Å². The number of unbranched alkanes of at least 4 members (excludes halogenated alkanes) is 4.